The monoisotopic (exact) mass is 276 g/mol. The Morgan fingerprint density at radius 1 is 1.32 bits per heavy atom. The molecule has 0 aliphatic heterocycles. The predicted octanol–water partition coefficient (Wildman–Crippen LogP) is 3.38. The summed E-state index contributed by atoms with van der Waals surface area (Å²) in [6, 6.07) is 8.71. The average molecular weight is 276 g/mol. The van der Waals surface area contributed by atoms with Gasteiger partial charge in [0.15, 0.2) is 0 Å². The molecule has 5 heteroatoms. The fourth-order valence-electron chi connectivity index (χ4n) is 2.09. The van der Waals surface area contributed by atoms with Crippen LogP contribution in [0.2, 0.25) is 0 Å². The number of thiophene rings is 1. The Hall–Kier alpha value is -1.69. The van der Waals surface area contributed by atoms with Crippen LogP contribution < -0.4 is 11.3 Å². The van der Waals surface area contributed by atoms with Gasteiger partial charge in [0, 0.05) is 9.58 Å². The highest BCUT2D eigenvalue weighted by Crippen LogP contribution is 2.31. The minimum absolute atomic E-state index is 0.00180. The van der Waals surface area contributed by atoms with Gasteiger partial charge in [0.2, 0.25) is 0 Å². The highest BCUT2D eigenvalue weighted by Gasteiger charge is 2.14. The molecule has 0 saturated heterocycles. The van der Waals surface area contributed by atoms with E-state index in [1.54, 1.807) is 36.0 Å². The second-order valence-electron chi connectivity index (χ2n) is 4.39. The van der Waals surface area contributed by atoms with Gasteiger partial charge in [0.25, 0.3) is 0 Å². The van der Waals surface area contributed by atoms with Crippen LogP contribution in [0.4, 0.5) is 4.39 Å². The summed E-state index contributed by atoms with van der Waals surface area (Å²) >= 11 is 1.62. The fraction of sp³-hybridized carbons (Fsp3) is 0.143. The number of nitrogens with one attached hydrogen (secondary N) is 1. The Bertz CT molecular complexity index is 678. The van der Waals surface area contributed by atoms with E-state index >= 15 is 0 Å². The molecule has 0 spiro atoms. The van der Waals surface area contributed by atoms with Crippen molar-refractivity contribution in [2.24, 2.45) is 5.84 Å². The molecule has 3 nitrogen and oxygen atoms in total. The first-order valence-corrected chi connectivity index (χ1v) is 6.74. The van der Waals surface area contributed by atoms with E-state index in [1.165, 1.54) is 6.07 Å². The standard InChI is InChI=1S/C14H13FN2OS/c15-11-1-2-13-10(6-11)7-14(19-13)12(17-16)5-9-3-4-18-8-9/h1-4,6-8,12,17H,5,16H2. The van der Waals surface area contributed by atoms with E-state index < -0.39 is 0 Å². The number of benzene rings is 1. The Morgan fingerprint density at radius 3 is 2.95 bits per heavy atom. The molecule has 2 heterocycles. The second-order valence-corrected chi connectivity index (χ2v) is 5.50. The molecule has 0 aliphatic rings. The molecule has 3 rings (SSSR count). The molecular weight excluding hydrogens is 263 g/mol. The van der Waals surface area contributed by atoms with E-state index in [0.29, 0.717) is 0 Å². The third-order valence-corrected chi connectivity index (χ3v) is 4.29. The highest BCUT2D eigenvalue weighted by molar-refractivity contribution is 7.19. The van der Waals surface area contributed by atoms with Crippen molar-refractivity contribution in [3.8, 4) is 0 Å². The second kappa shape index (κ2) is 5.13. The van der Waals surface area contributed by atoms with Crippen molar-refractivity contribution in [1.82, 2.24) is 5.43 Å². The maximum absolute atomic E-state index is 13.2. The van der Waals surface area contributed by atoms with Crippen molar-refractivity contribution < 1.29 is 8.81 Å². The summed E-state index contributed by atoms with van der Waals surface area (Å²) < 4.78 is 19.3. The van der Waals surface area contributed by atoms with Crippen LogP contribution in [0.5, 0.6) is 0 Å². The Kier molecular flexibility index (Phi) is 3.33. The van der Waals surface area contributed by atoms with Crippen LogP contribution >= 0.6 is 11.3 Å². The van der Waals surface area contributed by atoms with Crippen LogP contribution in [0, 0.1) is 5.82 Å². The molecule has 0 fully saturated rings. The van der Waals surface area contributed by atoms with Gasteiger partial charge in [0.05, 0.1) is 18.6 Å². The molecule has 3 aromatic rings. The average Bonchev–Trinajstić information content (AvgIpc) is 3.03. The van der Waals surface area contributed by atoms with Crippen LogP contribution in [0.15, 0.2) is 47.3 Å². The maximum Gasteiger partial charge on any atom is 0.123 e. The molecular formula is C14H13FN2OS. The zero-order valence-corrected chi connectivity index (χ0v) is 10.9. The summed E-state index contributed by atoms with van der Waals surface area (Å²) in [7, 11) is 0. The third kappa shape index (κ3) is 2.53. The smallest absolute Gasteiger partial charge is 0.123 e. The van der Waals surface area contributed by atoms with E-state index in [1.807, 2.05) is 12.1 Å². The molecule has 0 saturated carbocycles. The zero-order chi connectivity index (χ0) is 13.2. The summed E-state index contributed by atoms with van der Waals surface area (Å²) in [6.07, 6.45) is 4.09. The van der Waals surface area contributed by atoms with Gasteiger partial charge >= 0.3 is 0 Å². The van der Waals surface area contributed by atoms with E-state index in [4.69, 9.17) is 10.3 Å². The largest absolute Gasteiger partial charge is 0.472 e. The third-order valence-electron chi connectivity index (χ3n) is 3.06. The quantitative estimate of drug-likeness (QED) is 0.567. The predicted molar refractivity (Wildman–Crippen MR) is 74.3 cm³/mol. The number of rotatable bonds is 4. The van der Waals surface area contributed by atoms with Crippen molar-refractivity contribution in [2.45, 2.75) is 12.5 Å². The van der Waals surface area contributed by atoms with Gasteiger partial charge in [0.1, 0.15) is 5.82 Å². The van der Waals surface area contributed by atoms with E-state index in [0.717, 1.165) is 26.9 Å². The van der Waals surface area contributed by atoms with Crippen LogP contribution in [0.3, 0.4) is 0 Å². The number of hydrogen-bond donors (Lipinski definition) is 2. The first kappa shape index (κ1) is 12.3. The number of hydrazine groups is 1. The SMILES string of the molecule is NNC(Cc1ccoc1)c1cc2cc(F)ccc2s1. The number of hydrogen-bond acceptors (Lipinski definition) is 4. The van der Waals surface area contributed by atoms with Crippen molar-refractivity contribution in [2.75, 3.05) is 0 Å². The van der Waals surface area contributed by atoms with Gasteiger partial charge in [-0.3, -0.25) is 11.3 Å². The Balaban J connectivity index is 1.92. The fourth-order valence-corrected chi connectivity index (χ4v) is 3.20. The Labute approximate surface area is 113 Å². The van der Waals surface area contributed by atoms with E-state index in [2.05, 4.69) is 5.43 Å². The van der Waals surface area contributed by atoms with Gasteiger partial charge in [-0.2, -0.15) is 0 Å². The van der Waals surface area contributed by atoms with Crippen LogP contribution in [0.25, 0.3) is 10.1 Å². The molecule has 1 unspecified atom stereocenters. The lowest BCUT2D eigenvalue weighted by molar-refractivity contribution is 0.541. The maximum atomic E-state index is 13.2. The van der Waals surface area contributed by atoms with Gasteiger partial charge in [-0.1, -0.05) is 0 Å². The van der Waals surface area contributed by atoms with Gasteiger partial charge in [-0.25, -0.2) is 4.39 Å². The molecule has 0 amide bonds. The molecule has 0 bridgehead atoms. The van der Waals surface area contributed by atoms with E-state index in [-0.39, 0.29) is 11.9 Å². The number of halogens is 1. The first-order valence-electron chi connectivity index (χ1n) is 5.92. The molecule has 0 radical (unpaired) electrons. The number of furan rings is 1. The molecule has 98 valence electrons. The summed E-state index contributed by atoms with van der Waals surface area (Å²) in [6.45, 7) is 0. The van der Waals surface area contributed by atoms with Crippen LogP contribution in [0.1, 0.15) is 16.5 Å². The molecule has 1 aromatic carbocycles. The van der Waals surface area contributed by atoms with Crippen molar-refractivity contribution >= 4 is 21.4 Å². The molecule has 3 N–H and O–H groups in total. The van der Waals surface area contributed by atoms with Crippen molar-refractivity contribution in [1.29, 1.82) is 0 Å². The molecule has 1 atom stereocenters. The first-order chi connectivity index (χ1) is 9.26. The summed E-state index contributed by atoms with van der Waals surface area (Å²) in [5.74, 6) is 5.41. The summed E-state index contributed by atoms with van der Waals surface area (Å²) in [4.78, 5) is 1.09. The zero-order valence-electron chi connectivity index (χ0n) is 10.1. The lowest BCUT2D eigenvalue weighted by Gasteiger charge is -2.12. The summed E-state index contributed by atoms with van der Waals surface area (Å²) in [5.41, 5.74) is 3.88. The minimum Gasteiger partial charge on any atom is -0.472 e. The van der Waals surface area contributed by atoms with Gasteiger partial charge < -0.3 is 4.42 Å². The highest BCUT2D eigenvalue weighted by atomic mass is 32.1. The minimum atomic E-state index is -0.219. The normalized spacial score (nSPS) is 12.9. The van der Waals surface area contributed by atoms with Crippen molar-refractivity contribution in [3.05, 3.63) is 59.1 Å². The van der Waals surface area contributed by atoms with Crippen LogP contribution in [-0.4, -0.2) is 0 Å². The molecule has 2 aromatic heterocycles. The molecule has 19 heavy (non-hydrogen) atoms. The van der Waals surface area contributed by atoms with Gasteiger partial charge in [-0.15, -0.1) is 11.3 Å². The van der Waals surface area contributed by atoms with E-state index in [9.17, 15) is 4.39 Å². The van der Waals surface area contributed by atoms with Crippen LogP contribution in [-0.2, 0) is 6.42 Å². The molecule has 0 aliphatic carbocycles. The number of nitrogens with two attached hydrogens (primary N) is 1. The lowest BCUT2D eigenvalue weighted by Crippen LogP contribution is -2.28. The van der Waals surface area contributed by atoms with Gasteiger partial charge in [-0.05, 0) is 47.7 Å². The number of fused-ring (bicyclic) bond motifs is 1. The van der Waals surface area contributed by atoms with Crippen molar-refractivity contribution in [3.63, 3.8) is 0 Å². The summed E-state index contributed by atoms with van der Waals surface area (Å²) in [5, 5.41) is 0.910. The topological polar surface area (TPSA) is 51.2 Å². The lowest BCUT2D eigenvalue weighted by atomic mass is 10.1. The Morgan fingerprint density at radius 2 is 2.21 bits per heavy atom.